The van der Waals surface area contributed by atoms with Crippen molar-refractivity contribution in [3.63, 3.8) is 0 Å². The van der Waals surface area contributed by atoms with E-state index in [2.05, 4.69) is 15.0 Å². The second-order valence-corrected chi connectivity index (χ2v) is 6.94. The highest BCUT2D eigenvalue weighted by Crippen LogP contribution is 2.21. The summed E-state index contributed by atoms with van der Waals surface area (Å²) in [4.78, 5) is 49.2. The average Bonchev–Trinajstić information content (AvgIpc) is 3.00. The molecule has 2 aromatic heterocycles. The van der Waals surface area contributed by atoms with Crippen molar-refractivity contribution in [2.45, 2.75) is 34.6 Å². The highest BCUT2D eigenvalue weighted by molar-refractivity contribution is 6.09. The van der Waals surface area contributed by atoms with E-state index in [1.54, 1.807) is 39.0 Å². The number of Topliss-reactive ketones (excluding diaryl/α,β-unsaturated/α-hetero) is 1. The van der Waals surface area contributed by atoms with Gasteiger partial charge < -0.3 is 14.5 Å². The topological polar surface area (TPSA) is 111 Å². The summed E-state index contributed by atoms with van der Waals surface area (Å²) in [6.45, 7) is 8.44. The van der Waals surface area contributed by atoms with Crippen LogP contribution in [0.25, 0.3) is 11.0 Å². The molecule has 0 spiro atoms. The smallest absolute Gasteiger partial charge is 0.340 e. The number of esters is 2. The van der Waals surface area contributed by atoms with Crippen LogP contribution in [0.3, 0.4) is 0 Å². The zero-order chi connectivity index (χ0) is 22.0. The number of carbonyl (C=O) groups is 3. The zero-order valence-electron chi connectivity index (χ0n) is 17.6. The van der Waals surface area contributed by atoms with Crippen molar-refractivity contribution in [3.05, 3.63) is 57.7 Å². The van der Waals surface area contributed by atoms with Crippen LogP contribution in [-0.2, 0) is 9.47 Å². The van der Waals surface area contributed by atoms with Crippen molar-refractivity contribution in [3.8, 4) is 0 Å². The summed E-state index contributed by atoms with van der Waals surface area (Å²) in [5.41, 5.74) is 4.48. The van der Waals surface area contributed by atoms with Crippen molar-refractivity contribution in [2.24, 2.45) is 0 Å². The Balaban J connectivity index is 1.78. The Labute approximate surface area is 173 Å². The molecular formula is C22H23N3O5. The summed E-state index contributed by atoms with van der Waals surface area (Å²) in [7, 11) is 0. The lowest BCUT2D eigenvalue weighted by atomic mass is 10.1. The second-order valence-electron chi connectivity index (χ2n) is 6.94. The van der Waals surface area contributed by atoms with Gasteiger partial charge in [-0.3, -0.25) is 4.79 Å². The van der Waals surface area contributed by atoms with E-state index in [1.165, 1.54) is 0 Å². The van der Waals surface area contributed by atoms with Crippen LogP contribution < -0.4 is 0 Å². The molecule has 0 saturated carbocycles. The summed E-state index contributed by atoms with van der Waals surface area (Å²) in [6.07, 6.45) is 0. The minimum absolute atomic E-state index is 0.169. The van der Waals surface area contributed by atoms with Crippen molar-refractivity contribution in [2.75, 3.05) is 13.2 Å². The molecule has 0 atom stereocenters. The predicted octanol–water partition coefficient (Wildman–Crippen LogP) is 3.41. The average molecular weight is 409 g/mol. The van der Waals surface area contributed by atoms with Gasteiger partial charge in [0, 0.05) is 11.4 Å². The van der Waals surface area contributed by atoms with Crippen molar-refractivity contribution in [1.82, 2.24) is 15.0 Å². The van der Waals surface area contributed by atoms with Gasteiger partial charge in [0.2, 0.25) is 5.78 Å². The third-order valence-electron chi connectivity index (χ3n) is 4.78. The number of aromatic nitrogens is 3. The molecule has 0 fully saturated rings. The third-order valence-corrected chi connectivity index (χ3v) is 4.78. The molecule has 30 heavy (non-hydrogen) atoms. The summed E-state index contributed by atoms with van der Waals surface area (Å²) < 4.78 is 10.2. The summed E-state index contributed by atoms with van der Waals surface area (Å²) in [5.74, 6) is -1.74. The molecule has 0 unspecified atom stereocenters. The fourth-order valence-electron chi connectivity index (χ4n) is 3.23. The number of H-pyrrole nitrogens is 1. The van der Waals surface area contributed by atoms with Crippen LogP contribution in [-0.4, -0.2) is 45.9 Å². The molecule has 8 nitrogen and oxygen atoms in total. The van der Waals surface area contributed by atoms with E-state index in [0.717, 1.165) is 11.4 Å². The number of aryl methyl sites for hydroxylation is 4. The van der Waals surface area contributed by atoms with Crippen molar-refractivity contribution < 1.29 is 23.9 Å². The lowest BCUT2D eigenvalue weighted by Gasteiger charge is -2.08. The van der Waals surface area contributed by atoms with E-state index in [-0.39, 0.29) is 23.3 Å². The van der Waals surface area contributed by atoms with Crippen LogP contribution in [0.15, 0.2) is 18.2 Å². The Morgan fingerprint density at radius 3 is 2.17 bits per heavy atom. The molecule has 0 aliphatic heterocycles. The number of nitrogens with zero attached hydrogens (tertiary/aromatic N) is 2. The lowest BCUT2D eigenvalue weighted by molar-refractivity contribution is 0.0472. The molecule has 1 N–H and O–H groups in total. The Kier molecular flexibility index (Phi) is 5.96. The molecule has 156 valence electrons. The Hall–Kier alpha value is -3.55. The van der Waals surface area contributed by atoms with E-state index in [0.29, 0.717) is 22.4 Å². The van der Waals surface area contributed by atoms with Gasteiger partial charge in [0.15, 0.2) is 6.61 Å². The molecule has 0 aliphatic carbocycles. The van der Waals surface area contributed by atoms with E-state index in [9.17, 15) is 14.4 Å². The Morgan fingerprint density at radius 2 is 1.50 bits per heavy atom. The number of nitrogens with one attached hydrogen (secondary N) is 1. The first-order valence-electron chi connectivity index (χ1n) is 9.54. The summed E-state index contributed by atoms with van der Waals surface area (Å²) >= 11 is 0. The fraction of sp³-hybridized carbons (Fsp3) is 0.318. The highest BCUT2D eigenvalue weighted by atomic mass is 16.5. The van der Waals surface area contributed by atoms with E-state index in [4.69, 9.17) is 9.47 Å². The minimum atomic E-state index is -0.659. The van der Waals surface area contributed by atoms with Gasteiger partial charge in [-0.25, -0.2) is 19.6 Å². The molecule has 0 bridgehead atoms. The molecule has 1 aromatic carbocycles. The number of ketones is 1. The predicted molar refractivity (Wildman–Crippen MR) is 110 cm³/mol. The first-order valence-corrected chi connectivity index (χ1v) is 9.54. The molecule has 8 heteroatoms. The van der Waals surface area contributed by atoms with Crippen LogP contribution >= 0.6 is 0 Å². The number of ether oxygens (including phenoxy) is 2. The summed E-state index contributed by atoms with van der Waals surface area (Å²) in [5, 5.41) is 0. The van der Waals surface area contributed by atoms with Gasteiger partial charge in [0.25, 0.3) is 0 Å². The molecule has 2 heterocycles. The van der Waals surface area contributed by atoms with Crippen LogP contribution in [0, 0.1) is 27.7 Å². The molecule has 0 amide bonds. The SMILES string of the molecule is CCOC(=O)c1c(C)[nH]c(C)c1C(=O)COC(=O)c1ccc2nc(C)c(C)nc2c1. The van der Waals surface area contributed by atoms with Gasteiger partial charge in [-0.2, -0.15) is 0 Å². The maximum Gasteiger partial charge on any atom is 0.340 e. The van der Waals surface area contributed by atoms with E-state index >= 15 is 0 Å². The third kappa shape index (κ3) is 4.07. The summed E-state index contributed by atoms with van der Waals surface area (Å²) in [6, 6.07) is 4.84. The van der Waals surface area contributed by atoms with Gasteiger partial charge >= 0.3 is 11.9 Å². The number of carbonyl (C=O) groups excluding carboxylic acids is 3. The molecule has 0 saturated heterocycles. The first kappa shape index (κ1) is 21.2. The monoisotopic (exact) mass is 409 g/mol. The first-order chi connectivity index (χ1) is 14.2. The molecule has 3 aromatic rings. The normalized spacial score (nSPS) is 10.8. The van der Waals surface area contributed by atoms with Gasteiger partial charge in [0.1, 0.15) is 0 Å². The second kappa shape index (κ2) is 8.44. The highest BCUT2D eigenvalue weighted by Gasteiger charge is 2.26. The number of fused-ring (bicyclic) bond motifs is 1. The van der Waals surface area contributed by atoms with Crippen molar-refractivity contribution >= 4 is 28.8 Å². The van der Waals surface area contributed by atoms with Gasteiger partial charge in [-0.15, -0.1) is 0 Å². The van der Waals surface area contributed by atoms with Crippen LogP contribution in [0.1, 0.15) is 60.8 Å². The molecule has 3 rings (SSSR count). The maximum absolute atomic E-state index is 12.7. The number of hydrogen-bond donors (Lipinski definition) is 1. The molecule has 0 radical (unpaired) electrons. The Morgan fingerprint density at radius 1 is 0.867 bits per heavy atom. The van der Waals surface area contributed by atoms with Crippen LogP contribution in [0.5, 0.6) is 0 Å². The number of benzene rings is 1. The molecule has 0 aliphatic rings. The van der Waals surface area contributed by atoms with Gasteiger partial charge in [0.05, 0.1) is 45.7 Å². The van der Waals surface area contributed by atoms with Gasteiger partial charge in [-0.05, 0) is 52.8 Å². The van der Waals surface area contributed by atoms with E-state index < -0.39 is 24.3 Å². The van der Waals surface area contributed by atoms with E-state index in [1.807, 2.05) is 13.8 Å². The van der Waals surface area contributed by atoms with Gasteiger partial charge in [-0.1, -0.05) is 0 Å². The standard InChI is InChI=1S/C22H23N3O5/c1-6-29-22(28)20-14(5)23-13(4)19(20)18(26)10-30-21(27)15-7-8-16-17(9-15)25-12(3)11(2)24-16/h7-9,23H,6,10H2,1-5H3. The number of hydrogen-bond acceptors (Lipinski definition) is 7. The van der Waals surface area contributed by atoms with Crippen molar-refractivity contribution in [1.29, 1.82) is 0 Å². The van der Waals surface area contributed by atoms with Crippen LogP contribution in [0.2, 0.25) is 0 Å². The minimum Gasteiger partial charge on any atom is -0.462 e. The lowest BCUT2D eigenvalue weighted by Crippen LogP contribution is -2.18. The molecular weight excluding hydrogens is 386 g/mol. The van der Waals surface area contributed by atoms with Crippen LogP contribution in [0.4, 0.5) is 0 Å². The maximum atomic E-state index is 12.7. The fourth-order valence-corrected chi connectivity index (χ4v) is 3.23. The quantitative estimate of drug-likeness (QED) is 0.490. The largest absolute Gasteiger partial charge is 0.462 e. The number of rotatable bonds is 6. The number of aromatic amines is 1. The Bertz CT molecular complexity index is 1160. The zero-order valence-corrected chi connectivity index (χ0v) is 17.6.